The highest BCUT2D eigenvalue weighted by Gasteiger charge is 2.39. The molecule has 3 fully saturated rings. The van der Waals surface area contributed by atoms with Crippen LogP contribution in [0.15, 0.2) is 12.3 Å². The van der Waals surface area contributed by atoms with Gasteiger partial charge in [0.15, 0.2) is 0 Å². The number of rotatable bonds is 4. The van der Waals surface area contributed by atoms with Gasteiger partial charge in [-0.3, -0.25) is 14.4 Å². The molecule has 1 aliphatic carbocycles. The van der Waals surface area contributed by atoms with Crippen molar-refractivity contribution in [3.05, 3.63) is 18.0 Å². The minimum Gasteiger partial charge on any atom is -0.378 e. The van der Waals surface area contributed by atoms with Crippen LogP contribution in [0.2, 0.25) is 0 Å². The highest BCUT2D eigenvalue weighted by atomic mass is 19.1. The van der Waals surface area contributed by atoms with Crippen LogP contribution >= 0.6 is 0 Å². The molecule has 2 saturated heterocycles. The summed E-state index contributed by atoms with van der Waals surface area (Å²) in [6, 6.07) is 2.15. The molecule has 3 aliphatic rings. The molecule has 2 aliphatic heterocycles. The highest BCUT2D eigenvalue weighted by molar-refractivity contribution is 5.82. The Morgan fingerprint density at radius 2 is 2.04 bits per heavy atom. The lowest BCUT2D eigenvalue weighted by atomic mass is 10.1. The van der Waals surface area contributed by atoms with Crippen LogP contribution < -0.4 is 0 Å². The van der Waals surface area contributed by atoms with Gasteiger partial charge in [0, 0.05) is 38.8 Å². The predicted octanol–water partition coefficient (Wildman–Crippen LogP) is 1.77. The summed E-state index contributed by atoms with van der Waals surface area (Å²) < 4.78 is 21.4. The number of amides is 1. The summed E-state index contributed by atoms with van der Waals surface area (Å²) in [6.45, 7) is 3.22. The fraction of sp³-hybridized carbons (Fsp3) is 0.778. The van der Waals surface area contributed by atoms with Gasteiger partial charge in [0.2, 0.25) is 5.91 Å². The smallest absolute Gasteiger partial charge is 0.240 e. The summed E-state index contributed by atoms with van der Waals surface area (Å²) in [4.78, 5) is 16.6. The normalized spacial score (nSPS) is 28.8. The van der Waals surface area contributed by atoms with Crippen molar-refractivity contribution in [3.63, 3.8) is 0 Å². The lowest BCUT2D eigenvalue weighted by molar-refractivity contribution is -0.140. The maximum absolute atomic E-state index is 14.0. The molecule has 0 radical (unpaired) electrons. The predicted molar refractivity (Wildman–Crippen MR) is 90.8 cm³/mol. The first-order valence-electron chi connectivity index (χ1n) is 9.49. The van der Waals surface area contributed by atoms with E-state index in [-0.39, 0.29) is 11.9 Å². The number of carbonyl (C=O) groups excluding carboxylic acids is 1. The largest absolute Gasteiger partial charge is 0.378 e. The summed E-state index contributed by atoms with van der Waals surface area (Å²) in [7, 11) is 0. The lowest BCUT2D eigenvalue weighted by Gasteiger charge is -2.32. The van der Waals surface area contributed by atoms with E-state index < -0.39 is 6.17 Å². The van der Waals surface area contributed by atoms with E-state index in [0.29, 0.717) is 51.9 Å². The maximum Gasteiger partial charge on any atom is 0.240 e. The minimum absolute atomic E-state index is 0.0404. The number of alkyl halides is 1. The quantitative estimate of drug-likeness (QED) is 0.830. The minimum atomic E-state index is -0.938. The van der Waals surface area contributed by atoms with Crippen LogP contribution in [0.1, 0.15) is 43.8 Å². The molecule has 1 saturated carbocycles. The zero-order chi connectivity index (χ0) is 17.2. The van der Waals surface area contributed by atoms with E-state index in [9.17, 15) is 9.18 Å². The van der Waals surface area contributed by atoms with Crippen molar-refractivity contribution in [1.29, 1.82) is 0 Å². The van der Waals surface area contributed by atoms with Crippen molar-refractivity contribution in [2.24, 2.45) is 0 Å². The Labute approximate surface area is 147 Å². The molecule has 0 spiro atoms. The first-order chi connectivity index (χ1) is 12.2. The van der Waals surface area contributed by atoms with Gasteiger partial charge in [-0.05, 0) is 18.9 Å². The van der Waals surface area contributed by atoms with Gasteiger partial charge in [0.25, 0.3) is 0 Å². The average Bonchev–Trinajstić information content (AvgIpc) is 3.36. The Morgan fingerprint density at radius 1 is 1.28 bits per heavy atom. The van der Waals surface area contributed by atoms with Crippen molar-refractivity contribution in [2.45, 2.75) is 56.9 Å². The molecule has 4 rings (SSSR count). The molecule has 7 heteroatoms. The number of hydrogen-bond donors (Lipinski definition) is 0. The van der Waals surface area contributed by atoms with Crippen LogP contribution in [0.4, 0.5) is 4.39 Å². The van der Waals surface area contributed by atoms with Crippen LogP contribution in [-0.2, 0) is 16.1 Å². The number of likely N-dealkylation sites (tertiary alicyclic amines) is 1. The Morgan fingerprint density at radius 3 is 2.80 bits per heavy atom. The van der Waals surface area contributed by atoms with E-state index in [2.05, 4.69) is 4.68 Å². The molecule has 138 valence electrons. The summed E-state index contributed by atoms with van der Waals surface area (Å²) in [5, 5.41) is 4.69. The van der Waals surface area contributed by atoms with Crippen molar-refractivity contribution in [1.82, 2.24) is 19.6 Å². The third kappa shape index (κ3) is 3.72. The Hall–Kier alpha value is -1.47. The second kappa shape index (κ2) is 7.41. The maximum atomic E-state index is 14.0. The summed E-state index contributed by atoms with van der Waals surface area (Å²) in [5.41, 5.74) is 0.931. The number of ether oxygens (including phenoxy) is 1. The summed E-state index contributed by atoms with van der Waals surface area (Å²) >= 11 is 0. The monoisotopic (exact) mass is 350 g/mol. The number of hydrogen-bond acceptors (Lipinski definition) is 4. The van der Waals surface area contributed by atoms with E-state index in [1.165, 1.54) is 25.7 Å². The summed E-state index contributed by atoms with van der Waals surface area (Å²) in [5.74, 6) is 0.0404. The molecule has 1 amide bonds. The van der Waals surface area contributed by atoms with Crippen LogP contribution in [0, 0.1) is 0 Å². The third-order valence-electron chi connectivity index (χ3n) is 5.69. The number of carbonyl (C=O) groups is 1. The van der Waals surface area contributed by atoms with Gasteiger partial charge < -0.3 is 9.64 Å². The fourth-order valence-corrected chi connectivity index (χ4v) is 4.32. The van der Waals surface area contributed by atoms with Gasteiger partial charge in [-0.1, -0.05) is 12.8 Å². The Balaban J connectivity index is 1.42. The topological polar surface area (TPSA) is 50.6 Å². The molecular formula is C18H27FN4O2. The molecule has 3 heterocycles. The SMILES string of the molecule is O=C([C@@H]1C[C@@H](F)CN1Cc1ccn(C2CCCC2)n1)N1CCOCC1. The van der Waals surface area contributed by atoms with Crippen molar-refractivity contribution in [2.75, 3.05) is 32.8 Å². The van der Waals surface area contributed by atoms with E-state index in [4.69, 9.17) is 9.84 Å². The standard InChI is InChI=1S/C18H27FN4O2/c19-14-11-17(18(24)21-7-9-25-10-8-21)22(12-14)13-15-5-6-23(20-15)16-3-1-2-4-16/h5-6,14,16-17H,1-4,7-13H2/t14-,17+/m1/s1. The number of aromatic nitrogens is 2. The number of morpholine rings is 1. The van der Waals surface area contributed by atoms with Crippen molar-refractivity contribution in [3.8, 4) is 0 Å². The van der Waals surface area contributed by atoms with Crippen LogP contribution in [0.3, 0.4) is 0 Å². The van der Waals surface area contributed by atoms with E-state index >= 15 is 0 Å². The molecular weight excluding hydrogens is 323 g/mol. The number of nitrogens with zero attached hydrogens (tertiary/aromatic N) is 4. The molecule has 1 aromatic heterocycles. The molecule has 0 bridgehead atoms. The first-order valence-corrected chi connectivity index (χ1v) is 9.49. The molecule has 0 aromatic carbocycles. The molecule has 1 aromatic rings. The van der Waals surface area contributed by atoms with E-state index in [1.54, 1.807) is 0 Å². The zero-order valence-corrected chi connectivity index (χ0v) is 14.6. The van der Waals surface area contributed by atoms with Crippen LogP contribution in [0.5, 0.6) is 0 Å². The van der Waals surface area contributed by atoms with Crippen LogP contribution in [0.25, 0.3) is 0 Å². The summed E-state index contributed by atoms with van der Waals surface area (Å²) in [6.07, 6.45) is 6.31. The second-order valence-corrected chi connectivity index (χ2v) is 7.44. The van der Waals surface area contributed by atoms with Gasteiger partial charge >= 0.3 is 0 Å². The van der Waals surface area contributed by atoms with E-state index in [1.807, 2.05) is 22.1 Å². The fourth-order valence-electron chi connectivity index (χ4n) is 4.32. The van der Waals surface area contributed by atoms with Crippen LogP contribution in [-0.4, -0.2) is 70.5 Å². The second-order valence-electron chi connectivity index (χ2n) is 7.44. The first kappa shape index (κ1) is 17.0. The molecule has 0 unspecified atom stereocenters. The van der Waals surface area contributed by atoms with E-state index in [0.717, 1.165) is 5.69 Å². The molecule has 25 heavy (non-hydrogen) atoms. The van der Waals surface area contributed by atoms with Crippen molar-refractivity contribution >= 4 is 5.91 Å². The van der Waals surface area contributed by atoms with Gasteiger partial charge in [0.1, 0.15) is 6.17 Å². The van der Waals surface area contributed by atoms with Gasteiger partial charge in [-0.25, -0.2) is 4.39 Å². The Bertz CT molecular complexity index is 596. The highest BCUT2D eigenvalue weighted by Crippen LogP contribution is 2.29. The third-order valence-corrected chi connectivity index (χ3v) is 5.69. The van der Waals surface area contributed by atoms with Gasteiger partial charge in [0.05, 0.1) is 31.0 Å². The van der Waals surface area contributed by atoms with Gasteiger partial charge in [-0.2, -0.15) is 5.10 Å². The molecule has 2 atom stereocenters. The average molecular weight is 350 g/mol. The lowest BCUT2D eigenvalue weighted by Crippen LogP contribution is -2.49. The molecule has 6 nitrogen and oxygen atoms in total. The number of halogens is 1. The van der Waals surface area contributed by atoms with Gasteiger partial charge in [-0.15, -0.1) is 0 Å². The van der Waals surface area contributed by atoms with Crippen molar-refractivity contribution < 1.29 is 13.9 Å². The Kier molecular flexibility index (Phi) is 5.03. The molecule has 0 N–H and O–H groups in total. The zero-order valence-electron chi connectivity index (χ0n) is 14.6.